The molecule has 1 atom stereocenters. The summed E-state index contributed by atoms with van der Waals surface area (Å²) in [7, 11) is 0. The Balaban J connectivity index is 0.00000192. The van der Waals surface area contributed by atoms with Crippen molar-refractivity contribution in [1.82, 2.24) is 15.1 Å². The lowest BCUT2D eigenvalue weighted by Crippen LogP contribution is -2.27. The molecule has 1 fully saturated rings. The second-order valence-corrected chi connectivity index (χ2v) is 5.84. The quantitative estimate of drug-likeness (QED) is 0.903. The minimum absolute atomic E-state index is 0. The molecule has 0 aliphatic carbocycles. The molecule has 2 heterocycles. The van der Waals surface area contributed by atoms with Crippen LogP contribution in [-0.4, -0.2) is 28.3 Å². The van der Waals surface area contributed by atoms with Gasteiger partial charge < -0.3 is 10.6 Å². The van der Waals surface area contributed by atoms with Crippen molar-refractivity contribution in [1.29, 1.82) is 0 Å². The van der Waals surface area contributed by atoms with Crippen molar-refractivity contribution in [3.8, 4) is 5.69 Å². The Morgan fingerprint density at radius 1 is 1.35 bits per heavy atom. The molecule has 0 spiro atoms. The summed E-state index contributed by atoms with van der Waals surface area (Å²) in [5.41, 5.74) is 3.62. The van der Waals surface area contributed by atoms with Crippen LogP contribution in [0.5, 0.6) is 0 Å². The standard InChI is InChI=1S/C17H22N4O.ClH/c1-12-17(19-16(22)11-14-7-6-10-18-14)13(2)21(20-12)15-8-4-3-5-9-15;/h3-5,8-9,14,18H,6-7,10-11H2,1-2H3,(H,19,22);1H. The molecule has 3 rings (SSSR count). The van der Waals surface area contributed by atoms with Crippen molar-refractivity contribution >= 4 is 24.0 Å². The third-order valence-electron chi connectivity index (χ3n) is 4.15. The molecular weight excluding hydrogens is 312 g/mol. The maximum absolute atomic E-state index is 12.2. The monoisotopic (exact) mass is 334 g/mol. The predicted octanol–water partition coefficient (Wildman–Crippen LogP) is 2.99. The molecule has 0 saturated carbocycles. The van der Waals surface area contributed by atoms with E-state index in [2.05, 4.69) is 15.7 Å². The second-order valence-electron chi connectivity index (χ2n) is 5.84. The molecule has 1 aromatic heterocycles. The number of hydrogen-bond donors (Lipinski definition) is 2. The Bertz CT molecular complexity index is 663. The predicted molar refractivity (Wildman–Crippen MR) is 94.6 cm³/mol. The zero-order valence-electron chi connectivity index (χ0n) is 13.5. The lowest BCUT2D eigenvalue weighted by molar-refractivity contribution is -0.116. The maximum Gasteiger partial charge on any atom is 0.226 e. The molecule has 5 nitrogen and oxygen atoms in total. The second kappa shape index (κ2) is 7.62. The lowest BCUT2D eigenvalue weighted by Gasteiger charge is -2.11. The van der Waals surface area contributed by atoms with Crippen molar-refractivity contribution in [3.05, 3.63) is 41.7 Å². The fraction of sp³-hybridized carbons (Fsp3) is 0.412. The first-order valence-electron chi connectivity index (χ1n) is 7.80. The minimum Gasteiger partial charge on any atom is -0.323 e. The zero-order valence-corrected chi connectivity index (χ0v) is 14.3. The summed E-state index contributed by atoms with van der Waals surface area (Å²) in [5, 5.41) is 10.9. The molecule has 0 bridgehead atoms. The molecule has 1 unspecified atom stereocenters. The number of para-hydroxylation sites is 1. The molecule has 0 radical (unpaired) electrons. The number of nitrogens with one attached hydrogen (secondary N) is 2. The van der Waals surface area contributed by atoms with Gasteiger partial charge in [0.25, 0.3) is 0 Å². The molecule has 1 amide bonds. The molecule has 1 saturated heterocycles. The van der Waals surface area contributed by atoms with Crippen LogP contribution in [0.15, 0.2) is 30.3 Å². The lowest BCUT2D eigenvalue weighted by atomic mass is 10.1. The summed E-state index contributed by atoms with van der Waals surface area (Å²) in [6.07, 6.45) is 2.76. The highest BCUT2D eigenvalue weighted by Gasteiger charge is 2.20. The highest BCUT2D eigenvalue weighted by Crippen LogP contribution is 2.23. The van der Waals surface area contributed by atoms with Crippen LogP contribution in [0.3, 0.4) is 0 Å². The van der Waals surface area contributed by atoms with Gasteiger partial charge in [0, 0.05) is 12.5 Å². The van der Waals surface area contributed by atoms with E-state index in [1.54, 1.807) is 0 Å². The van der Waals surface area contributed by atoms with Crippen LogP contribution in [0.4, 0.5) is 5.69 Å². The number of rotatable bonds is 4. The summed E-state index contributed by atoms with van der Waals surface area (Å²) in [4.78, 5) is 12.2. The van der Waals surface area contributed by atoms with Gasteiger partial charge in [-0.3, -0.25) is 4.79 Å². The average molecular weight is 335 g/mol. The topological polar surface area (TPSA) is 59.0 Å². The summed E-state index contributed by atoms with van der Waals surface area (Å²) >= 11 is 0. The molecule has 1 aliphatic rings. The van der Waals surface area contributed by atoms with Gasteiger partial charge in [-0.15, -0.1) is 12.4 Å². The van der Waals surface area contributed by atoms with Crippen LogP contribution >= 0.6 is 12.4 Å². The van der Waals surface area contributed by atoms with Gasteiger partial charge in [0.2, 0.25) is 5.91 Å². The number of hydrogen-bond acceptors (Lipinski definition) is 3. The van der Waals surface area contributed by atoms with Crippen LogP contribution in [0.1, 0.15) is 30.7 Å². The molecule has 6 heteroatoms. The highest BCUT2D eigenvalue weighted by molar-refractivity contribution is 5.92. The SMILES string of the molecule is Cc1nn(-c2ccccc2)c(C)c1NC(=O)CC1CCCN1.Cl. The van der Waals surface area contributed by atoms with E-state index < -0.39 is 0 Å². The molecule has 2 N–H and O–H groups in total. The van der Waals surface area contributed by atoms with E-state index >= 15 is 0 Å². The molecular formula is C17H23ClN4O. The fourth-order valence-electron chi connectivity index (χ4n) is 2.99. The first kappa shape index (κ1) is 17.5. The number of nitrogens with zero attached hydrogens (tertiary/aromatic N) is 2. The normalized spacial score (nSPS) is 16.9. The molecule has 1 aliphatic heterocycles. The Hall–Kier alpha value is -1.85. The van der Waals surface area contributed by atoms with Gasteiger partial charge >= 0.3 is 0 Å². The van der Waals surface area contributed by atoms with Crippen molar-refractivity contribution in [2.45, 2.75) is 39.2 Å². The van der Waals surface area contributed by atoms with Crippen LogP contribution in [0.2, 0.25) is 0 Å². The molecule has 1 aromatic carbocycles. The summed E-state index contributed by atoms with van der Waals surface area (Å²) in [6, 6.07) is 10.3. The van der Waals surface area contributed by atoms with Crippen molar-refractivity contribution in [3.63, 3.8) is 0 Å². The van der Waals surface area contributed by atoms with Crippen LogP contribution in [-0.2, 0) is 4.79 Å². The van der Waals surface area contributed by atoms with Crippen molar-refractivity contribution in [2.75, 3.05) is 11.9 Å². The van der Waals surface area contributed by atoms with E-state index in [9.17, 15) is 4.79 Å². The summed E-state index contributed by atoms with van der Waals surface area (Å²) in [6.45, 7) is 4.92. The number of carbonyl (C=O) groups is 1. The smallest absolute Gasteiger partial charge is 0.226 e. The van der Waals surface area contributed by atoms with E-state index in [0.717, 1.165) is 42.1 Å². The fourth-order valence-corrected chi connectivity index (χ4v) is 2.99. The van der Waals surface area contributed by atoms with Crippen LogP contribution in [0.25, 0.3) is 5.69 Å². The Kier molecular flexibility index (Phi) is 5.80. The molecule has 124 valence electrons. The highest BCUT2D eigenvalue weighted by atomic mass is 35.5. The van der Waals surface area contributed by atoms with Crippen molar-refractivity contribution in [2.24, 2.45) is 0 Å². The Morgan fingerprint density at radius 2 is 2.09 bits per heavy atom. The van der Waals surface area contributed by atoms with E-state index in [0.29, 0.717) is 12.5 Å². The Morgan fingerprint density at radius 3 is 2.74 bits per heavy atom. The number of benzene rings is 1. The summed E-state index contributed by atoms with van der Waals surface area (Å²) < 4.78 is 1.87. The van der Waals surface area contributed by atoms with Gasteiger partial charge in [0.1, 0.15) is 0 Å². The number of aryl methyl sites for hydroxylation is 1. The maximum atomic E-state index is 12.2. The Labute approximate surface area is 142 Å². The van der Waals surface area contributed by atoms with E-state index in [1.807, 2.05) is 48.9 Å². The minimum atomic E-state index is 0. The van der Waals surface area contributed by atoms with Gasteiger partial charge in [-0.05, 0) is 45.4 Å². The third-order valence-corrected chi connectivity index (χ3v) is 4.15. The van der Waals surface area contributed by atoms with E-state index in [-0.39, 0.29) is 18.3 Å². The first-order valence-corrected chi connectivity index (χ1v) is 7.80. The average Bonchev–Trinajstić information content (AvgIpc) is 3.11. The molecule has 23 heavy (non-hydrogen) atoms. The van der Waals surface area contributed by atoms with Gasteiger partial charge in [-0.1, -0.05) is 18.2 Å². The zero-order chi connectivity index (χ0) is 15.5. The van der Waals surface area contributed by atoms with Gasteiger partial charge in [0.15, 0.2) is 0 Å². The first-order chi connectivity index (χ1) is 10.6. The number of anilines is 1. The van der Waals surface area contributed by atoms with Crippen LogP contribution < -0.4 is 10.6 Å². The van der Waals surface area contributed by atoms with E-state index in [1.165, 1.54) is 0 Å². The van der Waals surface area contributed by atoms with Gasteiger partial charge in [0.05, 0.1) is 22.8 Å². The third kappa shape index (κ3) is 3.92. The van der Waals surface area contributed by atoms with E-state index in [4.69, 9.17) is 0 Å². The number of carbonyl (C=O) groups excluding carboxylic acids is 1. The summed E-state index contributed by atoms with van der Waals surface area (Å²) in [5.74, 6) is 0.0539. The van der Waals surface area contributed by atoms with Crippen LogP contribution in [0, 0.1) is 13.8 Å². The number of aromatic nitrogens is 2. The number of amides is 1. The largest absolute Gasteiger partial charge is 0.323 e. The van der Waals surface area contributed by atoms with Crippen molar-refractivity contribution < 1.29 is 4.79 Å². The molecule has 2 aromatic rings. The van der Waals surface area contributed by atoms with Gasteiger partial charge in [-0.25, -0.2) is 4.68 Å². The number of halogens is 1. The van der Waals surface area contributed by atoms with Gasteiger partial charge in [-0.2, -0.15) is 5.10 Å².